The number of aromatic nitrogens is 2. The maximum atomic E-state index is 12.7. The second kappa shape index (κ2) is 4.75. The van der Waals surface area contributed by atoms with Crippen LogP contribution in [0.15, 0.2) is 30.3 Å². The molecule has 17 heavy (non-hydrogen) atoms. The molecule has 0 bridgehead atoms. The number of nitrogens with one attached hydrogen (secondary N) is 1. The molecule has 1 aromatic heterocycles. The highest BCUT2D eigenvalue weighted by Gasteiger charge is 2.03. The summed E-state index contributed by atoms with van der Waals surface area (Å²) in [6.45, 7) is 1.72. The highest BCUT2D eigenvalue weighted by molar-refractivity contribution is 5.38. The molecular weight excluding hydrogens is 223 g/mol. The molecular formula is C11H11FN4O. The van der Waals surface area contributed by atoms with Crippen LogP contribution in [0, 0.1) is 12.7 Å². The largest absolute Gasteiger partial charge is 0.439 e. The average Bonchev–Trinajstić information content (AvgIpc) is 2.31. The third-order valence-electron chi connectivity index (χ3n) is 2.00. The van der Waals surface area contributed by atoms with Gasteiger partial charge in [-0.15, -0.1) is 0 Å². The molecule has 0 aliphatic heterocycles. The number of nitrogen functional groups attached to an aromatic ring is 1. The molecule has 0 aliphatic carbocycles. The third-order valence-corrected chi connectivity index (χ3v) is 2.00. The fourth-order valence-electron chi connectivity index (χ4n) is 1.29. The molecule has 0 aliphatic rings. The summed E-state index contributed by atoms with van der Waals surface area (Å²) in [5, 5.41) is 0. The minimum atomic E-state index is -0.319. The summed E-state index contributed by atoms with van der Waals surface area (Å²) in [4.78, 5) is 8.10. The first-order chi connectivity index (χ1) is 8.17. The maximum Gasteiger partial charge on any atom is 0.224 e. The van der Waals surface area contributed by atoms with Crippen molar-refractivity contribution in [1.29, 1.82) is 0 Å². The van der Waals surface area contributed by atoms with E-state index in [2.05, 4.69) is 15.4 Å². The SMILES string of the molecule is Cc1nc(NN)cc(Oc2ccc(F)cc2)n1. The van der Waals surface area contributed by atoms with Gasteiger partial charge in [0.25, 0.3) is 0 Å². The van der Waals surface area contributed by atoms with Gasteiger partial charge in [0.1, 0.15) is 23.2 Å². The van der Waals surface area contributed by atoms with E-state index in [1.165, 1.54) is 24.3 Å². The molecule has 2 rings (SSSR count). The standard InChI is InChI=1S/C11H11FN4O/c1-7-14-10(16-13)6-11(15-7)17-9-4-2-8(12)3-5-9/h2-6H,13H2,1H3,(H,14,15,16). The van der Waals surface area contributed by atoms with Gasteiger partial charge in [-0.05, 0) is 31.2 Å². The summed E-state index contributed by atoms with van der Waals surface area (Å²) in [6.07, 6.45) is 0. The Morgan fingerprint density at radius 3 is 2.59 bits per heavy atom. The summed E-state index contributed by atoms with van der Waals surface area (Å²) in [6, 6.07) is 7.21. The van der Waals surface area contributed by atoms with Crippen LogP contribution in [0.4, 0.5) is 10.2 Å². The van der Waals surface area contributed by atoms with Gasteiger partial charge >= 0.3 is 0 Å². The number of hydrogen-bond acceptors (Lipinski definition) is 5. The molecule has 0 fully saturated rings. The number of anilines is 1. The summed E-state index contributed by atoms with van der Waals surface area (Å²) < 4.78 is 18.1. The molecule has 1 heterocycles. The Hall–Kier alpha value is -2.21. The number of hydrogen-bond donors (Lipinski definition) is 2. The van der Waals surface area contributed by atoms with Gasteiger partial charge in [-0.25, -0.2) is 15.2 Å². The van der Waals surface area contributed by atoms with E-state index in [9.17, 15) is 4.39 Å². The molecule has 0 unspecified atom stereocenters. The van der Waals surface area contributed by atoms with Gasteiger partial charge in [0.2, 0.25) is 5.88 Å². The Balaban J connectivity index is 2.23. The van der Waals surface area contributed by atoms with E-state index >= 15 is 0 Å². The lowest BCUT2D eigenvalue weighted by atomic mass is 10.3. The van der Waals surface area contributed by atoms with Crippen LogP contribution in [-0.2, 0) is 0 Å². The van der Waals surface area contributed by atoms with Crippen LogP contribution in [0.1, 0.15) is 5.82 Å². The summed E-state index contributed by atoms with van der Waals surface area (Å²) in [5.41, 5.74) is 2.41. The molecule has 3 N–H and O–H groups in total. The Morgan fingerprint density at radius 2 is 1.94 bits per heavy atom. The van der Waals surface area contributed by atoms with Crippen molar-refractivity contribution in [3.63, 3.8) is 0 Å². The number of rotatable bonds is 3. The van der Waals surface area contributed by atoms with Crippen molar-refractivity contribution >= 4 is 5.82 Å². The van der Waals surface area contributed by atoms with E-state index < -0.39 is 0 Å². The quantitative estimate of drug-likeness (QED) is 0.627. The first-order valence-electron chi connectivity index (χ1n) is 4.93. The Kier molecular flexibility index (Phi) is 3.15. The van der Waals surface area contributed by atoms with E-state index in [-0.39, 0.29) is 5.82 Å². The van der Waals surface area contributed by atoms with Gasteiger partial charge in [-0.1, -0.05) is 0 Å². The first-order valence-corrected chi connectivity index (χ1v) is 4.93. The van der Waals surface area contributed by atoms with Crippen molar-refractivity contribution in [3.8, 4) is 11.6 Å². The molecule has 1 aromatic carbocycles. The van der Waals surface area contributed by atoms with Crippen molar-refractivity contribution in [2.45, 2.75) is 6.92 Å². The van der Waals surface area contributed by atoms with E-state index in [4.69, 9.17) is 10.6 Å². The number of nitrogens with zero attached hydrogens (tertiary/aromatic N) is 2. The molecule has 0 atom stereocenters. The van der Waals surface area contributed by atoms with Gasteiger partial charge in [0, 0.05) is 6.07 Å². The molecule has 88 valence electrons. The summed E-state index contributed by atoms with van der Waals surface area (Å²) in [7, 11) is 0. The van der Waals surface area contributed by atoms with Gasteiger partial charge < -0.3 is 10.2 Å². The molecule has 2 aromatic rings. The molecule has 0 radical (unpaired) electrons. The topological polar surface area (TPSA) is 73.1 Å². The number of ether oxygens (including phenoxy) is 1. The van der Waals surface area contributed by atoms with Gasteiger partial charge in [-0.3, -0.25) is 0 Å². The van der Waals surface area contributed by atoms with Crippen molar-refractivity contribution < 1.29 is 9.13 Å². The first kappa shape index (κ1) is 11.3. The lowest BCUT2D eigenvalue weighted by molar-refractivity contribution is 0.458. The van der Waals surface area contributed by atoms with Crippen molar-refractivity contribution in [2.75, 3.05) is 5.43 Å². The zero-order valence-corrected chi connectivity index (χ0v) is 9.14. The lowest BCUT2D eigenvalue weighted by Crippen LogP contribution is -2.09. The fraction of sp³-hybridized carbons (Fsp3) is 0.0909. The van der Waals surface area contributed by atoms with Crippen LogP contribution in [0.25, 0.3) is 0 Å². The lowest BCUT2D eigenvalue weighted by Gasteiger charge is -2.07. The van der Waals surface area contributed by atoms with Crippen molar-refractivity contribution in [1.82, 2.24) is 9.97 Å². The molecule has 0 saturated heterocycles. The highest BCUT2D eigenvalue weighted by atomic mass is 19.1. The summed E-state index contributed by atoms with van der Waals surface area (Å²) >= 11 is 0. The van der Waals surface area contributed by atoms with E-state index in [1.54, 1.807) is 13.0 Å². The Labute approximate surface area is 97.4 Å². The maximum absolute atomic E-state index is 12.7. The molecule has 6 heteroatoms. The second-order valence-electron chi connectivity index (χ2n) is 3.34. The van der Waals surface area contributed by atoms with Gasteiger partial charge in [0.15, 0.2) is 0 Å². The zero-order chi connectivity index (χ0) is 12.3. The van der Waals surface area contributed by atoms with Crippen LogP contribution >= 0.6 is 0 Å². The van der Waals surface area contributed by atoms with Crippen LogP contribution in [0.5, 0.6) is 11.6 Å². The van der Waals surface area contributed by atoms with Gasteiger partial charge in [-0.2, -0.15) is 4.98 Å². The van der Waals surface area contributed by atoms with Crippen molar-refractivity contribution in [3.05, 3.63) is 42.0 Å². The number of nitrogens with two attached hydrogens (primary N) is 1. The van der Waals surface area contributed by atoms with Crippen LogP contribution in [0.3, 0.4) is 0 Å². The smallest absolute Gasteiger partial charge is 0.224 e. The van der Waals surface area contributed by atoms with E-state index in [1.807, 2.05) is 0 Å². The number of hydrazine groups is 1. The number of halogens is 1. The average molecular weight is 234 g/mol. The zero-order valence-electron chi connectivity index (χ0n) is 9.14. The normalized spacial score (nSPS) is 10.1. The van der Waals surface area contributed by atoms with Crippen LogP contribution in [-0.4, -0.2) is 9.97 Å². The number of benzene rings is 1. The summed E-state index contributed by atoms with van der Waals surface area (Å²) in [5.74, 6) is 6.75. The predicted molar refractivity (Wildman–Crippen MR) is 61.1 cm³/mol. The Morgan fingerprint density at radius 1 is 1.24 bits per heavy atom. The minimum Gasteiger partial charge on any atom is -0.439 e. The molecule has 0 amide bonds. The molecule has 0 spiro atoms. The van der Waals surface area contributed by atoms with Crippen LogP contribution in [0.2, 0.25) is 0 Å². The van der Waals surface area contributed by atoms with E-state index in [0.717, 1.165) is 0 Å². The molecule has 0 saturated carbocycles. The second-order valence-corrected chi connectivity index (χ2v) is 3.34. The van der Waals surface area contributed by atoms with Crippen molar-refractivity contribution in [2.24, 2.45) is 5.84 Å². The monoisotopic (exact) mass is 234 g/mol. The predicted octanol–water partition coefficient (Wildman–Crippen LogP) is 2.00. The number of aryl methyl sites for hydroxylation is 1. The highest BCUT2D eigenvalue weighted by Crippen LogP contribution is 2.21. The van der Waals surface area contributed by atoms with Crippen LogP contribution < -0.4 is 16.0 Å². The van der Waals surface area contributed by atoms with E-state index in [0.29, 0.717) is 23.3 Å². The fourth-order valence-corrected chi connectivity index (χ4v) is 1.29. The Bertz CT molecular complexity index is 515. The molecule has 5 nitrogen and oxygen atoms in total. The third kappa shape index (κ3) is 2.88. The minimum absolute atomic E-state index is 0.319. The van der Waals surface area contributed by atoms with Gasteiger partial charge in [0.05, 0.1) is 0 Å².